The molecule has 1 aliphatic heterocycles. The van der Waals surface area contributed by atoms with Crippen molar-refractivity contribution in [2.24, 2.45) is 0 Å². The van der Waals surface area contributed by atoms with Gasteiger partial charge in [0.1, 0.15) is 11.5 Å². The highest BCUT2D eigenvalue weighted by Crippen LogP contribution is 2.39. The summed E-state index contributed by atoms with van der Waals surface area (Å²) >= 11 is 0. The molecule has 0 radical (unpaired) electrons. The number of hydrogen-bond acceptors (Lipinski definition) is 4. The van der Waals surface area contributed by atoms with Crippen LogP contribution in [0.2, 0.25) is 0 Å². The van der Waals surface area contributed by atoms with Gasteiger partial charge in [-0.15, -0.1) is 0 Å². The molecule has 180 valence electrons. The van der Waals surface area contributed by atoms with Gasteiger partial charge in [0.2, 0.25) is 0 Å². The number of halogens is 1. The Morgan fingerprint density at radius 1 is 1.09 bits per heavy atom. The molecule has 1 atom stereocenters. The van der Waals surface area contributed by atoms with Crippen molar-refractivity contribution < 1.29 is 13.6 Å². The smallest absolute Gasteiger partial charge is 0.287 e. The lowest BCUT2D eigenvalue weighted by Crippen LogP contribution is -2.42. The van der Waals surface area contributed by atoms with Gasteiger partial charge in [0.15, 0.2) is 11.5 Å². The van der Waals surface area contributed by atoms with Gasteiger partial charge < -0.3 is 14.3 Å². The highest BCUT2D eigenvalue weighted by molar-refractivity contribution is 5.92. The van der Waals surface area contributed by atoms with Crippen molar-refractivity contribution in [3.05, 3.63) is 54.3 Å². The molecule has 1 aromatic carbocycles. The first-order valence-corrected chi connectivity index (χ1v) is 12.6. The lowest BCUT2D eigenvalue weighted by atomic mass is 10.0. The fraction of sp³-hybridized carbons (Fsp3) is 0.481. The molecule has 34 heavy (non-hydrogen) atoms. The van der Waals surface area contributed by atoms with Gasteiger partial charge in [-0.3, -0.25) is 9.69 Å². The highest BCUT2D eigenvalue weighted by atomic mass is 19.1. The third-order valence-electron chi connectivity index (χ3n) is 7.32. The minimum absolute atomic E-state index is 0.203. The van der Waals surface area contributed by atoms with Crippen LogP contribution in [0.15, 0.2) is 47.1 Å². The minimum atomic E-state index is -0.281. The summed E-state index contributed by atoms with van der Waals surface area (Å²) in [6, 6.07) is 10.9. The Labute approximate surface area is 200 Å². The molecule has 5 rings (SSSR count). The van der Waals surface area contributed by atoms with Gasteiger partial charge in [-0.25, -0.2) is 9.37 Å². The van der Waals surface area contributed by atoms with Crippen molar-refractivity contribution in [1.82, 2.24) is 19.8 Å². The number of benzene rings is 1. The number of aromatic nitrogens is 2. The van der Waals surface area contributed by atoms with E-state index in [1.807, 2.05) is 12.4 Å². The molecule has 1 N–H and O–H groups in total. The summed E-state index contributed by atoms with van der Waals surface area (Å²) in [5, 5.41) is 3.01. The maximum atomic E-state index is 13.5. The molecule has 2 aliphatic rings. The van der Waals surface area contributed by atoms with Crippen LogP contribution in [0.1, 0.15) is 68.5 Å². The van der Waals surface area contributed by atoms with Gasteiger partial charge in [0.05, 0.1) is 12.0 Å². The van der Waals surface area contributed by atoms with Crippen LogP contribution >= 0.6 is 0 Å². The van der Waals surface area contributed by atoms with E-state index in [2.05, 4.69) is 26.7 Å². The summed E-state index contributed by atoms with van der Waals surface area (Å²) in [5.41, 5.74) is 2.41. The number of carbonyl (C=O) groups excluding carboxylic acids is 1. The molecule has 1 saturated heterocycles. The van der Waals surface area contributed by atoms with Crippen LogP contribution in [0.4, 0.5) is 4.39 Å². The Morgan fingerprint density at radius 2 is 1.85 bits per heavy atom. The highest BCUT2D eigenvalue weighted by Gasteiger charge is 2.26. The van der Waals surface area contributed by atoms with Gasteiger partial charge >= 0.3 is 0 Å². The topological polar surface area (TPSA) is 63.3 Å². The average Bonchev–Trinajstić information content (AvgIpc) is 3.60. The Bertz CT molecular complexity index is 1110. The summed E-state index contributed by atoms with van der Waals surface area (Å²) in [5.74, 6) is 0.423. The second kappa shape index (κ2) is 10.1. The molecule has 1 aliphatic carbocycles. The summed E-state index contributed by atoms with van der Waals surface area (Å²) in [6.07, 6.45) is 10.2. The van der Waals surface area contributed by atoms with Crippen LogP contribution < -0.4 is 5.32 Å². The van der Waals surface area contributed by atoms with Crippen LogP contribution in [-0.2, 0) is 0 Å². The van der Waals surface area contributed by atoms with Crippen molar-refractivity contribution in [2.45, 2.75) is 64.0 Å². The van der Waals surface area contributed by atoms with Crippen LogP contribution in [0.5, 0.6) is 0 Å². The Hall–Kier alpha value is -2.93. The van der Waals surface area contributed by atoms with Gasteiger partial charge in [-0.1, -0.05) is 19.3 Å². The third-order valence-corrected chi connectivity index (χ3v) is 7.32. The standard InChI is InChI=1S/C27H33FN4O2/c1-19-6-4-5-16-31(19)17-15-29-27(33)24-14-13-23(34-24)26-25(20-9-11-21(28)12-10-20)30-18-32(26)22-7-2-3-8-22/h9-14,18-19,22H,2-8,15-17H2,1H3,(H,29,33)/t19-/m1/s1. The zero-order valence-electron chi connectivity index (χ0n) is 19.8. The maximum absolute atomic E-state index is 13.5. The molecule has 3 heterocycles. The lowest BCUT2D eigenvalue weighted by molar-refractivity contribution is 0.0912. The number of rotatable bonds is 7. The van der Waals surface area contributed by atoms with Gasteiger partial charge in [0.25, 0.3) is 5.91 Å². The zero-order valence-corrected chi connectivity index (χ0v) is 19.8. The normalized spacial score (nSPS) is 19.5. The van der Waals surface area contributed by atoms with Crippen LogP contribution in [0.25, 0.3) is 22.7 Å². The molecule has 2 fully saturated rings. The summed E-state index contributed by atoms with van der Waals surface area (Å²) in [6.45, 7) is 4.80. The molecule has 0 spiro atoms. The van der Waals surface area contributed by atoms with Crippen molar-refractivity contribution in [2.75, 3.05) is 19.6 Å². The fourth-order valence-corrected chi connectivity index (χ4v) is 5.36. The number of amides is 1. The number of nitrogens with zero attached hydrogens (tertiary/aromatic N) is 3. The second-order valence-corrected chi connectivity index (χ2v) is 9.59. The largest absolute Gasteiger partial charge is 0.449 e. The molecule has 7 heteroatoms. The number of piperidine rings is 1. The van der Waals surface area contributed by atoms with E-state index in [1.165, 1.54) is 44.2 Å². The molecule has 3 aromatic rings. The minimum Gasteiger partial charge on any atom is -0.449 e. The number of imidazole rings is 1. The van der Waals surface area contributed by atoms with E-state index in [-0.39, 0.29) is 11.7 Å². The van der Waals surface area contributed by atoms with Crippen molar-refractivity contribution in [3.63, 3.8) is 0 Å². The molecule has 0 bridgehead atoms. The first-order chi connectivity index (χ1) is 16.6. The maximum Gasteiger partial charge on any atom is 0.287 e. The summed E-state index contributed by atoms with van der Waals surface area (Å²) in [7, 11) is 0. The van der Waals surface area contributed by atoms with Gasteiger partial charge in [-0.2, -0.15) is 0 Å². The number of hydrogen-bond donors (Lipinski definition) is 1. The number of carbonyl (C=O) groups is 1. The van der Waals surface area contributed by atoms with Crippen molar-refractivity contribution >= 4 is 5.91 Å². The van der Waals surface area contributed by atoms with E-state index in [4.69, 9.17) is 4.42 Å². The zero-order chi connectivity index (χ0) is 23.5. The molecule has 2 aromatic heterocycles. The second-order valence-electron chi connectivity index (χ2n) is 9.59. The van der Waals surface area contributed by atoms with E-state index in [0.717, 1.165) is 42.9 Å². The van der Waals surface area contributed by atoms with E-state index in [9.17, 15) is 9.18 Å². The number of likely N-dealkylation sites (tertiary alicyclic amines) is 1. The van der Waals surface area contributed by atoms with E-state index in [1.54, 1.807) is 18.2 Å². The monoisotopic (exact) mass is 464 g/mol. The Balaban J connectivity index is 1.35. The summed E-state index contributed by atoms with van der Waals surface area (Å²) < 4.78 is 21.8. The fourth-order valence-electron chi connectivity index (χ4n) is 5.36. The lowest BCUT2D eigenvalue weighted by Gasteiger charge is -2.33. The average molecular weight is 465 g/mol. The van der Waals surface area contributed by atoms with Gasteiger partial charge in [0, 0.05) is 30.7 Å². The predicted molar refractivity (Wildman–Crippen MR) is 130 cm³/mol. The molecular formula is C27H33FN4O2. The van der Waals surface area contributed by atoms with Gasteiger partial charge in [-0.05, 0) is 75.5 Å². The molecule has 6 nitrogen and oxygen atoms in total. The Kier molecular flexibility index (Phi) is 6.81. The molecular weight excluding hydrogens is 431 g/mol. The van der Waals surface area contributed by atoms with E-state index >= 15 is 0 Å². The predicted octanol–water partition coefficient (Wildman–Crippen LogP) is 5.67. The van der Waals surface area contributed by atoms with Crippen LogP contribution in [0, 0.1) is 5.82 Å². The molecule has 1 saturated carbocycles. The molecule has 1 amide bonds. The van der Waals surface area contributed by atoms with Crippen molar-refractivity contribution in [3.8, 4) is 22.7 Å². The first-order valence-electron chi connectivity index (χ1n) is 12.6. The summed E-state index contributed by atoms with van der Waals surface area (Å²) in [4.78, 5) is 19.9. The van der Waals surface area contributed by atoms with E-state index in [0.29, 0.717) is 30.1 Å². The first kappa shape index (κ1) is 22.8. The Morgan fingerprint density at radius 3 is 2.62 bits per heavy atom. The SMILES string of the molecule is C[C@@H]1CCCCN1CCNC(=O)c1ccc(-c2c(-c3ccc(F)cc3)ncn2C2CCCC2)o1. The quantitative estimate of drug-likeness (QED) is 0.489. The molecule has 0 unspecified atom stereocenters. The number of nitrogens with one attached hydrogen (secondary N) is 1. The van der Waals surface area contributed by atoms with E-state index < -0.39 is 0 Å². The number of furan rings is 1. The third kappa shape index (κ3) is 4.80. The van der Waals surface area contributed by atoms with Crippen LogP contribution in [-0.4, -0.2) is 46.0 Å². The van der Waals surface area contributed by atoms with Crippen LogP contribution in [0.3, 0.4) is 0 Å². The van der Waals surface area contributed by atoms with Crippen molar-refractivity contribution in [1.29, 1.82) is 0 Å².